The number of aromatic nitrogens is 4. The van der Waals surface area contributed by atoms with E-state index in [0.717, 1.165) is 17.1 Å². The number of methoxy groups -OCH3 is 1. The molecule has 0 aliphatic carbocycles. The number of hydrogen-bond acceptors (Lipinski definition) is 5. The Balaban J connectivity index is 1.89. The van der Waals surface area contributed by atoms with E-state index in [1.54, 1.807) is 22.8 Å². The summed E-state index contributed by atoms with van der Waals surface area (Å²) in [7, 11) is 3.53. The summed E-state index contributed by atoms with van der Waals surface area (Å²) in [6, 6.07) is 5.47. The third-order valence-corrected chi connectivity index (χ3v) is 3.87. The first kappa shape index (κ1) is 14.6. The van der Waals surface area contributed by atoms with Crippen LogP contribution in [0.25, 0.3) is 0 Å². The SMILES string of the molecule is COC[C@H]1CN(C(=O)c2cccc(C)n2)Cc2nnn(C)c21. The average Bonchev–Trinajstić information content (AvgIpc) is 2.88. The van der Waals surface area contributed by atoms with E-state index in [1.807, 2.05) is 26.1 Å². The van der Waals surface area contributed by atoms with Crippen molar-refractivity contribution in [1.29, 1.82) is 0 Å². The first-order valence-corrected chi connectivity index (χ1v) is 7.20. The molecule has 1 atom stereocenters. The van der Waals surface area contributed by atoms with Gasteiger partial charge in [0.15, 0.2) is 0 Å². The summed E-state index contributed by atoms with van der Waals surface area (Å²) in [4.78, 5) is 18.8. The van der Waals surface area contributed by atoms with E-state index in [-0.39, 0.29) is 11.8 Å². The normalized spacial score (nSPS) is 17.4. The molecule has 2 aromatic rings. The number of fused-ring (bicyclic) bond motifs is 1. The molecule has 2 aromatic heterocycles. The molecule has 0 N–H and O–H groups in total. The van der Waals surface area contributed by atoms with E-state index in [2.05, 4.69) is 15.3 Å². The van der Waals surface area contributed by atoms with Crippen LogP contribution in [0.15, 0.2) is 18.2 Å². The maximum absolute atomic E-state index is 12.7. The summed E-state index contributed by atoms with van der Waals surface area (Å²) in [6.07, 6.45) is 0. The van der Waals surface area contributed by atoms with Crippen molar-refractivity contribution in [2.24, 2.45) is 7.05 Å². The van der Waals surface area contributed by atoms with Gasteiger partial charge in [-0.2, -0.15) is 0 Å². The van der Waals surface area contributed by atoms with Gasteiger partial charge < -0.3 is 9.64 Å². The van der Waals surface area contributed by atoms with Crippen molar-refractivity contribution < 1.29 is 9.53 Å². The molecule has 3 heterocycles. The molecular weight excluding hydrogens is 282 g/mol. The van der Waals surface area contributed by atoms with E-state index >= 15 is 0 Å². The van der Waals surface area contributed by atoms with Crippen LogP contribution in [0.2, 0.25) is 0 Å². The summed E-state index contributed by atoms with van der Waals surface area (Å²) >= 11 is 0. The van der Waals surface area contributed by atoms with Crippen LogP contribution in [-0.4, -0.2) is 51.0 Å². The van der Waals surface area contributed by atoms with Gasteiger partial charge >= 0.3 is 0 Å². The Labute approximate surface area is 128 Å². The number of aryl methyl sites for hydroxylation is 2. The van der Waals surface area contributed by atoms with Gasteiger partial charge in [0.05, 0.1) is 18.8 Å². The lowest BCUT2D eigenvalue weighted by Gasteiger charge is -2.31. The molecule has 0 unspecified atom stereocenters. The van der Waals surface area contributed by atoms with Crippen molar-refractivity contribution >= 4 is 5.91 Å². The van der Waals surface area contributed by atoms with Crippen LogP contribution in [0.1, 0.15) is 33.5 Å². The molecule has 1 aliphatic rings. The molecule has 0 aromatic carbocycles. The van der Waals surface area contributed by atoms with Crippen molar-refractivity contribution in [3.63, 3.8) is 0 Å². The van der Waals surface area contributed by atoms with Crippen LogP contribution < -0.4 is 0 Å². The summed E-state index contributed by atoms with van der Waals surface area (Å²) in [5.41, 5.74) is 3.17. The van der Waals surface area contributed by atoms with Gasteiger partial charge in [-0.05, 0) is 19.1 Å². The number of hydrogen-bond donors (Lipinski definition) is 0. The maximum Gasteiger partial charge on any atom is 0.272 e. The van der Waals surface area contributed by atoms with E-state index in [9.17, 15) is 4.79 Å². The molecule has 0 radical (unpaired) electrons. The van der Waals surface area contributed by atoms with Crippen LogP contribution in [-0.2, 0) is 18.3 Å². The molecule has 0 bridgehead atoms. The Bertz CT molecular complexity index is 697. The lowest BCUT2D eigenvalue weighted by Crippen LogP contribution is -2.40. The quantitative estimate of drug-likeness (QED) is 0.842. The zero-order chi connectivity index (χ0) is 15.7. The smallest absolute Gasteiger partial charge is 0.272 e. The highest BCUT2D eigenvalue weighted by Gasteiger charge is 2.33. The van der Waals surface area contributed by atoms with Gasteiger partial charge in [-0.1, -0.05) is 11.3 Å². The number of amides is 1. The molecule has 22 heavy (non-hydrogen) atoms. The lowest BCUT2D eigenvalue weighted by atomic mass is 9.98. The molecule has 0 spiro atoms. The Morgan fingerprint density at radius 1 is 1.45 bits per heavy atom. The minimum Gasteiger partial charge on any atom is -0.384 e. The molecule has 0 saturated carbocycles. The highest BCUT2D eigenvalue weighted by molar-refractivity contribution is 5.92. The predicted molar refractivity (Wildman–Crippen MR) is 79.3 cm³/mol. The minimum atomic E-state index is -0.0823. The zero-order valence-electron chi connectivity index (χ0n) is 13.0. The van der Waals surface area contributed by atoms with E-state index in [4.69, 9.17) is 4.74 Å². The second-order valence-electron chi connectivity index (χ2n) is 5.55. The minimum absolute atomic E-state index is 0.0718. The van der Waals surface area contributed by atoms with Crippen LogP contribution in [0.5, 0.6) is 0 Å². The fourth-order valence-corrected chi connectivity index (χ4v) is 2.93. The zero-order valence-corrected chi connectivity index (χ0v) is 13.0. The largest absolute Gasteiger partial charge is 0.384 e. The third kappa shape index (κ3) is 2.59. The van der Waals surface area contributed by atoms with Crippen LogP contribution in [0, 0.1) is 6.92 Å². The van der Waals surface area contributed by atoms with E-state index in [0.29, 0.717) is 25.4 Å². The average molecular weight is 301 g/mol. The number of pyridine rings is 1. The van der Waals surface area contributed by atoms with Crippen LogP contribution >= 0.6 is 0 Å². The topological polar surface area (TPSA) is 73.1 Å². The number of ether oxygens (including phenoxy) is 1. The number of nitrogens with zero attached hydrogens (tertiary/aromatic N) is 5. The van der Waals surface area contributed by atoms with Crippen LogP contribution in [0.4, 0.5) is 0 Å². The van der Waals surface area contributed by atoms with Crippen molar-refractivity contribution in [3.05, 3.63) is 41.0 Å². The Hall–Kier alpha value is -2.28. The second-order valence-corrected chi connectivity index (χ2v) is 5.55. The third-order valence-electron chi connectivity index (χ3n) is 3.87. The molecule has 7 heteroatoms. The highest BCUT2D eigenvalue weighted by Crippen LogP contribution is 2.27. The Morgan fingerprint density at radius 2 is 2.27 bits per heavy atom. The van der Waals surface area contributed by atoms with E-state index < -0.39 is 0 Å². The van der Waals surface area contributed by atoms with Crippen molar-refractivity contribution in [1.82, 2.24) is 24.9 Å². The van der Waals surface area contributed by atoms with Crippen molar-refractivity contribution in [3.8, 4) is 0 Å². The van der Waals surface area contributed by atoms with Gasteiger partial charge in [0.1, 0.15) is 11.4 Å². The molecule has 0 fully saturated rings. The predicted octanol–water partition coefficient (Wildman–Crippen LogP) is 0.905. The molecule has 1 amide bonds. The van der Waals surface area contributed by atoms with E-state index in [1.165, 1.54) is 0 Å². The molecule has 1 aliphatic heterocycles. The molecule has 0 saturated heterocycles. The van der Waals surface area contributed by atoms with Gasteiger partial charge in [0.25, 0.3) is 5.91 Å². The van der Waals surface area contributed by atoms with Crippen molar-refractivity contribution in [2.75, 3.05) is 20.3 Å². The fraction of sp³-hybridized carbons (Fsp3) is 0.467. The molecular formula is C15H19N5O2. The number of carbonyl (C=O) groups is 1. The van der Waals surface area contributed by atoms with Gasteiger partial charge in [-0.15, -0.1) is 5.10 Å². The summed E-state index contributed by atoms with van der Waals surface area (Å²) in [6.45, 7) is 3.44. The van der Waals surface area contributed by atoms with Crippen LogP contribution in [0.3, 0.4) is 0 Å². The first-order chi connectivity index (χ1) is 10.6. The highest BCUT2D eigenvalue weighted by atomic mass is 16.5. The summed E-state index contributed by atoms with van der Waals surface area (Å²) in [5, 5.41) is 8.24. The number of rotatable bonds is 3. The first-order valence-electron chi connectivity index (χ1n) is 7.20. The van der Waals surface area contributed by atoms with Gasteiger partial charge in [0.2, 0.25) is 0 Å². The monoisotopic (exact) mass is 301 g/mol. The summed E-state index contributed by atoms with van der Waals surface area (Å²) in [5.74, 6) is -0.0105. The summed E-state index contributed by atoms with van der Waals surface area (Å²) < 4.78 is 7.06. The molecule has 7 nitrogen and oxygen atoms in total. The maximum atomic E-state index is 12.7. The lowest BCUT2D eigenvalue weighted by molar-refractivity contribution is 0.0667. The Morgan fingerprint density at radius 3 is 3.00 bits per heavy atom. The molecule has 3 rings (SSSR count). The second kappa shape index (κ2) is 5.84. The van der Waals surface area contributed by atoms with Gasteiger partial charge in [-0.25, -0.2) is 4.98 Å². The van der Waals surface area contributed by atoms with Crippen molar-refractivity contribution in [2.45, 2.75) is 19.4 Å². The Kier molecular flexibility index (Phi) is 3.89. The van der Waals surface area contributed by atoms with Gasteiger partial charge in [0, 0.05) is 32.3 Å². The standard InChI is InChI=1S/C15H19N5O2/c1-10-5-4-6-12(16-10)15(21)20-7-11(9-22-3)14-13(8-20)17-18-19(14)2/h4-6,11H,7-9H2,1-3H3/t11-/m1/s1. The molecule has 116 valence electrons. The fourth-order valence-electron chi connectivity index (χ4n) is 2.93. The number of carbonyl (C=O) groups excluding carboxylic acids is 1. The van der Waals surface area contributed by atoms with Gasteiger partial charge in [-0.3, -0.25) is 9.48 Å².